The molecule has 1 aliphatic heterocycles. The highest BCUT2D eigenvalue weighted by atomic mass is 35.5. The van der Waals surface area contributed by atoms with Gasteiger partial charge in [0, 0.05) is 67.6 Å². The molecule has 1 saturated heterocycles. The number of piperazine rings is 1. The number of nitrogens with one attached hydrogen (secondary N) is 1. The van der Waals surface area contributed by atoms with Crippen molar-refractivity contribution in [2.45, 2.75) is 19.4 Å². The molecule has 1 aliphatic rings. The summed E-state index contributed by atoms with van der Waals surface area (Å²) in [5.41, 5.74) is 2.57. The predicted octanol–water partition coefficient (Wildman–Crippen LogP) is 3.72. The monoisotopic (exact) mass is 526 g/mol. The summed E-state index contributed by atoms with van der Waals surface area (Å²) in [5.74, 6) is -0.0814. The molecule has 0 radical (unpaired) electrons. The van der Waals surface area contributed by atoms with Crippen molar-refractivity contribution >= 4 is 44.8 Å². The van der Waals surface area contributed by atoms with Crippen molar-refractivity contribution < 1.29 is 13.2 Å². The highest BCUT2D eigenvalue weighted by molar-refractivity contribution is 7.88. The number of sulfonamides is 1. The van der Waals surface area contributed by atoms with Crippen LogP contribution in [0.2, 0.25) is 10.0 Å². The largest absolute Gasteiger partial charge is 0.369 e. The van der Waals surface area contributed by atoms with Crippen LogP contribution < -0.4 is 9.62 Å². The molecule has 0 aromatic heterocycles. The molecule has 34 heavy (non-hydrogen) atoms. The number of para-hydroxylation sites is 1. The predicted molar refractivity (Wildman–Crippen MR) is 139 cm³/mol. The maximum absolute atomic E-state index is 12.6. The number of benzene rings is 2. The second-order valence-electron chi connectivity index (χ2n) is 8.64. The first-order valence-electron chi connectivity index (χ1n) is 11.3. The minimum atomic E-state index is -3.24. The fourth-order valence-corrected chi connectivity index (χ4v) is 5.02. The Labute approximate surface area is 212 Å². The van der Waals surface area contributed by atoms with Gasteiger partial charge < -0.3 is 9.80 Å². The molecular weight excluding hydrogens is 495 g/mol. The Hall–Kier alpha value is -1.84. The Kier molecular flexibility index (Phi) is 9.62. The van der Waals surface area contributed by atoms with Crippen LogP contribution in [0.3, 0.4) is 0 Å². The Bertz CT molecular complexity index is 1070. The number of hydrogen-bond acceptors (Lipinski definition) is 5. The van der Waals surface area contributed by atoms with Gasteiger partial charge in [0.05, 0.1) is 6.26 Å². The van der Waals surface area contributed by atoms with Crippen molar-refractivity contribution in [3.05, 3.63) is 63.6 Å². The van der Waals surface area contributed by atoms with Gasteiger partial charge in [-0.3, -0.25) is 9.69 Å². The number of carbonyl (C=O) groups is 1. The van der Waals surface area contributed by atoms with Crippen LogP contribution in [0.5, 0.6) is 0 Å². The molecular formula is C24H32Cl2N4O3S. The molecule has 186 valence electrons. The zero-order chi connectivity index (χ0) is 24.7. The standard InChI is InChI=1S/C24H32Cl2N4O3S/c1-28(24(31)20-15-21(25)17-22(26)16-20)9-5-6-10-29-11-13-30(14-12-29)23-8-4-3-7-19(23)18-27-34(2,32)33/h3-4,7-8,15-17,27H,5-6,9-14,18H2,1-2H3. The fraction of sp³-hybridized carbons (Fsp3) is 0.458. The molecule has 0 atom stereocenters. The molecule has 0 spiro atoms. The summed E-state index contributed by atoms with van der Waals surface area (Å²) in [5, 5.41) is 0.912. The lowest BCUT2D eigenvalue weighted by molar-refractivity contribution is 0.0791. The van der Waals surface area contributed by atoms with Crippen LogP contribution in [-0.2, 0) is 16.6 Å². The van der Waals surface area contributed by atoms with Crippen LogP contribution >= 0.6 is 23.2 Å². The van der Waals surface area contributed by atoms with E-state index in [1.807, 2.05) is 18.2 Å². The number of unbranched alkanes of at least 4 members (excludes halogenated alkanes) is 1. The zero-order valence-corrected chi connectivity index (χ0v) is 22.0. The number of nitrogens with zero attached hydrogens (tertiary/aromatic N) is 3. The van der Waals surface area contributed by atoms with E-state index in [0.717, 1.165) is 56.8 Å². The third-order valence-corrected chi connectivity index (χ3v) is 7.01. The molecule has 7 nitrogen and oxygen atoms in total. The lowest BCUT2D eigenvalue weighted by Crippen LogP contribution is -2.47. The maximum atomic E-state index is 12.6. The third kappa shape index (κ3) is 8.13. The number of amides is 1. The Morgan fingerprint density at radius 1 is 1.03 bits per heavy atom. The molecule has 0 bridgehead atoms. The van der Waals surface area contributed by atoms with Gasteiger partial charge in [-0.25, -0.2) is 13.1 Å². The summed E-state index contributed by atoms with van der Waals surface area (Å²) in [6, 6.07) is 12.8. The van der Waals surface area contributed by atoms with Crippen LogP contribution in [0.15, 0.2) is 42.5 Å². The molecule has 1 fully saturated rings. The first kappa shape index (κ1) is 26.8. The van der Waals surface area contributed by atoms with Crippen LogP contribution in [0.4, 0.5) is 5.69 Å². The van der Waals surface area contributed by atoms with Crippen LogP contribution in [-0.4, -0.2) is 76.7 Å². The maximum Gasteiger partial charge on any atom is 0.253 e. The van der Waals surface area contributed by atoms with E-state index in [9.17, 15) is 13.2 Å². The molecule has 1 amide bonds. The quantitative estimate of drug-likeness (QED) is 0.477. The molecule has 3 rings (SSSR count). The fourth-order valence-electron chi connectivity index (χ4n) is 4.07. The van der Waals surface area contributed by atoms with Gasteiger partial charge in [0.15, 0.2) is 0 Å². The second-order valence-corrected chi connectivity index (χ2v) is 11.3. The van der Waals surface area contributed by atoms with Crippen molar-refractivity contribution in [3.8, 4) is 0 Å². The van der Waals surface area contributed by atoms with Crippen molar-refractivity contribution in [2.75, 3.05) is 57.5 Å². The normalized spacial score (nSPS) is 14.9. The summed E-state index contributed by atoms with van der Waals surface area (Å²) >= 11 is 12.0. The summed E-state index contributed by atoms with van der Waals surface area (Å²) < 4.78 is 25.5. The minimum Gasteiger partial charge on any atom is -0.369 e. The van der Waals surface area contributed by atoms with Gasteiger partial charge in [0.2, 0.25) is 10.0 Å². The summed E-state index contributed by atoms with van der Waals surface area (Å²) in [4.78, 5) is 19.1. The molecule has 2 aromatic rings. The third-order valence-electron chi connectivity index (χ3n) is 5.90. The summed E-state index contributed by atoms with van der Waals surface area (Å²) in [7, 11) is -1.44. The van der Waals surface area contributed by atoms with E-state index in [2.05, 4.69) is 20.6 Å². The SMILES string of the molecule is CN(CCCCN1CCN(c2ccccc2CNS(C)(=O)=O)CC1)C(=O)c1cc(Cl)cc(Cl)c1. The van der Waals surface area contributed by atoms with Gasteiger partial charge in [-0.2, -0.15) is 0 Å². The lowest BCUT2D eigenvalue weighted by Gasteiger charge is -2.37. The van der Waals surface area contributed by atoms with Gasteiger partial charge in [-0.15, -0.1) is 0 Å². The van der Waals surface area contributed by atoms with Gasteiger partial charge >= 0.3 is 0 Å². The number of carbonyl (C=O) groups excluding carboxylic acids is 1. The molecule has 1 heterocycles. The van der Waals surface area contributed by atoms with Crippen LogP contribution in [0, 0.1) is 0 Å². The smallest absolute Gasteiger partial charge is 0.253 e. The van der Waals surface area contributed by atoms with Gasteiger partial charge in [0.25, 0.3) is 5.91 Å². The van der Waals surface area contributed by atoms with Gasteiger partial charge in [-0.05, 0) is 49.2 Å². The van der Waals surface area contributed by atoms with Crippen LogP contribution in [0.25, 0.3) is 0 Å². The Morgan fingerprint density at radius 3 is 2.32 bits per heavy atom. The number of halogens is 2. The van der Waals surface area contributed by atoms with E-state index in [0.29, 0.717) is 28.7 Å². The molecule has 0 saturated carbocycles. The van der Waals surface area contributed by atoms with E-state index < -0.39 is 10.0 Å². The van der Waals surface area contributed by atoms with Crippen molar-refractivity contribution in [1.82, 2.24) is 14.5 Å². The average Bonchev–Trinajstić information content (AvgIpc) is 2.79. The Balaban J connectivity index is 1.41. The van der Waals surface area contributed by atoms with E-state index in [4.69, 9.17) is 23.2 Å². The van der Waals surface area contributed by atoms with Crippen molar-refractivity contribution in [3.63, 3.8) is 0 Å². The summed E-state index contributed by atoms with van der Waals surface area (Å²) in [6.07, 6.45) is 3.09. The Morgan fingerprint density at radius 2 is 1.68 bits per heavy atom. The number of anilines is 1. The van der Waals surface area contributed by atoms with E-state index >= 15 is 0 Å². The molecule has 10 heteroatoms. The van der Waals surface area contributed by atoms with Gasteiger partial charge in [0.1, 0.15) is 0 Å². The molecule has 1 N–H and O–H groups in total. The van der Waals surface area contributed by atoms with E-state index in [1.165, 1.54) is 6.26 Å². The summed E-state index contributed by atoms with van der Waals surface area (Å²) in [6.45, 7) is 5.63. The molecule has 0 aliphatic carbocycles. The molecule has 0 unspecified atom stereocenters. The van der Waals surface area contributed by atoms with Crippen LogP contribution in [0.1, 0.15) is 28.8 Å². The van der Waals surface area contributed by atoms with E-state index in [-0.39, 0.29) is 5.91 Å². The minimum absolute atomic E-state index is 0.0814. The van der Waals surface area contributed by atoms with Gasteiger partial charge in [-0.1, -0.05) is 41.4 Å². The lowest BCUT2D eigenvalue weighted by atomic mass is 10.1. The number of rotatable bonds is 10. The zero-order valence-electron chi connectivity index (χ0n) is 19.6. The van der Waals surface area contributed by atoms with Crippen molar-refractivity contribution in [1.29, 1.82) is 0 Å². The topological polar surface area (TPSA) is 73.0 Å². The second kappa shape index (κ2) is 12.2. The molecule has 2 aromatic carbocycles. The average molecular weight is 528 g/mol. The first-order valence-corrected chi connectivity index (χ1v) is 14.0. The number of hydrogen-bond donors (Lipinski definition) is 1. The highest BCUT2D eigenvalue weighted by Gasteiger charge is 2.19. The van der Waals surface area contributed by atoms with Crippen molar-refractivity contribution in [2.24, 2.45) is 0 Å². The first-order chi connectivity index (χ1) is 16.1. The van der Waals surface area contributed by atoms with E-state index in [1.54, 1.807) is 30.1 Å². The highest BCUT2D eigenvalue weighted by Crippen LogP contribution is 2.23.